The van der Waals surface area contributed by atoms with Crippen LogP contribution >= 0.6 is 0 Å². The molecule has 1 aliphatic rings. The minimum atomic E-state index is -0.769. The Morgan fingerprint density at radius 1 is 1.19 bits per heavy atom. The number of aliphatic carboxylic acids is 1. The third-order valence-electron chi connectivity index (χ3n) is 4.76. The van der Waals surface area contributed by atoms with Gasteiger partial charge in [-0.2, -0.15) is 0 Å². The largest absolute Gasteiger partial charge is 0.481 e. The van der Waals surface area contributed by atoms with Crippen LogP contribution in [0.3, 0.4) is 0 Å². The summed E-state index contributed by atoms with van der Waals surface area (Å²) < 4.78 is 0. The molecule has 0 spiro atoms. The fraction of sp³-hybridized carbons (Fsp3) is 0.316. The zero-order valence-corrected chi connectivity index (χ0v) is 12.5. The van der Waals surface area contributed by atoms with Gasteiger partial charge in [0.2, 0.25) is 0 Å². The highest BCUT2D eigenvalue weighted by Gasteiger charge is 2.45. The molecule has 0 saturated heterocycles. The van der Waals surface area contributed by atoms with Crippen LogP contribution in [0.2, 0.25) is 0 Å². The Bertz CT molecular complexity index is 702. The summed E-state index contributed by atoms with van der Waals surface area (Å²) in [6.45, 7) is 4.12. The van der Waals surface area contributed by atoms with E-state index in [4.69, 9.17) is 0 Å². The van der Waals surface area contributed by atoms with Crippen molar-refractivity contribution in [1.82, 2.24) is 0 Å². The van der Waals surface area contributed by atoms with Crippen molar-refractivity contribution in [2.45, 2.75) is 38.5 Å². The van der Waals surface area contributed by atoms with Crippen LogP contribution in [0.4, 0.5) is 0 Å². The SMILES string of the molecule is Cc1ccc(C)c(CC2(C(=O)O)CCc3ccccc32)c1. The molecule has 0 saturated carbocycles. The van der Waals surface area contributed by atoms with Gasteiger partial charge in [-0.1, -0.05) is 48.0 Å². The molecular weight excluding hydrogens is 260 g/mol. The van der Waals surface area contributed by atoms with Gasteiger partial charge in [0, 0.05) is 0 Å². The van der Waals surface area contributed by atoms with E-state index in [1.54, 1.807) is 0 Å². The number of carboxylic acids is 1. The van der Waals surface area contributed by atoms with E-state index in [0.29, 0.717) is 12.8 Å². The van der Waals surface area contributed by atoms with Crippen LogP contribution in [0.25, 0.3) is 0 Å². The summed E-state index contributed by atoms with van der Waals surface area (Å²) >= 11 is 0. The molecule has 2 aromatic carbocycles. The Labute approximate surface area is 125 Å². The normalized spacial score (nSPS) is 20.3. The zero-order valence-electron chi connectivity index (χ0n) is 12.5. The van der Waals surface area contributed by atoms with Crippen LogP contribution in [0.15, 0.2) is 42.5 Å². The second-order valence-electron chi connectivity index (χ2n) is 6.15. The predicted molar refractivity (Wildman–Crippen MR) is 83.7 cm³/mol. The Balaban J connectivity index is 2.09. The van der Waals surface area contributed by atoms with Gasteiger partial charge < -0.3 is 5.11 Å². The van der Waals surface area contributed by atoms with Crippen molar-refractivity contribution in [1.29, 1.82) is 0 Å². The Kier molecular flexibility index (Phi) is 3.32. The molecule has 3 rings (SSSR count). The van der Waals surface area contributed by atoms with Crippen molar-refractivity contribution in [3.8, 4) is 0 Å². The molecule has 1 atom stereocenters. The van der Waals surface area contributed by atoms with Gasteiger partial charge >= 0.3 is 5.97 Å². The van der Waals surface area contributed by atoms with Gasteiger partial charge in [-0.15, -0.1) is 0 Å². The van der Waals surface area contributed by atoms with Gasteiger partial charge in [0.15, 0.2) is 0 Å². The van der Waals surface area contributed by atoms with E-state index < -0.39 is 11.4 Å². The number of carbonyl (C=O) groups is 1. The van der Waals surface area contributed by atoms with E-state index in [2.05, 4.69) is 38.1 Å². The van der Waals surface area contributed by atoms with Crippen molar-refractivity contribution < 1.29 is 9.90 Å². The number of hydrogen-bond donors (Lipinski definition) is 1. The van der Waals surface area contributed by atoms with E-state index in [0.717, 1.165) is 17.5 Å². The number of benzene rings is 2. The van der Waals surface area contributed by atoms with E-state index in [1.165, 1.54) is 16.7 Å². The maximum atomic E-state index is 12.1. The first kappa shape index (κ1) is 13.9. The molecule has 2 aromatic rings. The molecule has 1 unspecified atom stereocenters. The minimum Gasteiger partial charge on any atom is -0.481 e. The second kappa shape index (κ2) is 5.03. The summed E-state index contributed by atoms with van der Waals surface area (Å²) in [7, 11) is 0. The third kappa shape index (κ3) is 2.25. The molecule has 1 N–H and O–H groups in total. The van der Waals surface area contributed by atoms with Crippen molar-refractivity contribution >= 4 is 5.97 Å². The molecule has 2 heteroatoms. The first-order chi connectivity index (χ1) is 10.0. The molecule has 2 nitrogen and oxygen atoms in total. The first-order valence-corrected chi connectivity index (χ1v) is 7.41. The molecule has 0 amide bonds. The van der Waals surface area contributed by atoms with E-state index in [-0.39, 0.29) is 0 Å². The lowest BCUT2D eigenvalue weighted by molar-refractivity contribution is -0.143. The highest BCUT2D eigenvalue weighted by molar-refractivity contribution is 5.83. The molecule has 0 heterocycles. The molecule has 108 valence electrons. The van der Waals surface area contributed by atoms with Crippen molar-refractivity contribution in [3.63, 3.8) is 0 Å². The highest BCUT2D eigenvalue weighted by atomic mass is 16.4. The topological polar surface area (TPSA) is 37.3 Å². The van der Waals surface area contributed by atoms with Gasteiger partial charge in [-0.3, -0.25) is 4.79 Å². The highest BCUT2D eigenvalue weighted by Crippen LogP contribution is 2.42. The Morgan fingerprint density at radius 2 is 1.95 bits per heavy atom. The van der Waals surface area contributed by atoms with E-state index in [1.807, 2.05) is 18.2 Å². The van der Waals surface area contributed by atoms with Crippen LogP contribution in [0.1, 0.15) is 34.2 Å². The summed E-state index contributed by atoms with van der Waals surface area (Å²) in [5.41, 5.74) is 4.92. The van der Waals surface area contributed by atoms with Crippen molar-refractivity contribution in [2.75, 3.05) is 0 Å². The zero-order chi connectivity index (χ0) is 15.0. The quantitative estimate of drug-likeness (QED) is 0.928. The summed E-state index contributed by atoms with van der Waals surface area (Å²) in [4.78, 5) is 12.1. The van der Waals surface area contributed by atoms with Gasteiger partial charge in [0.25, 0.3) is 0 Å². The van der Waals surface area contributed by atoms with Crippen LogP contribution in [-0.2, 0) is 23.1 Å². The van der Waals surface area contributed by atoms with Gasteiger partial charge in [0.05, 0.1) is 5.41 Å². The number of rotatable bonds is 3. The monoisotopic (exact) mass is 280 g/mol. The van der Waals surface area contributed by atoms with Crippen molar-refractivity contribution in [2.24, 2.45) is 0 Å². The standard InChI is InChI=1S/C19H20O2/c1-13-7-8-14(2)16(11-13)12-19(18(20)21)10-9-15-5-3-4-6-17(15)19/h3-8,11H,9-10,12H2,1-2H3,(H,20,21). The average Bonchev–Trinajstić information content (AvgIpc) is 2.83. The van der Waals surface area contributed by atoms with E-state index in [9.17, 15) is 9.90 Å². The number of hydrogen-bond acceptors (Lipinski definition) is 1. The average molecular weight is 280 g/mol. The molecule has 21 heavy (non-hydrogen) atoms. The maximum absolute atomic E-state index is 12.1. The van der Waals surface area contributed by atoms with E-state index >= 15 is 0 Å². The summed E-state index contributed by atoms with van der Waals surface area (Å²) in [6, 6.07) is 14.3. The maximum Gasteiger partial charge on any atom is 0.314 e. The lowest BCUT2D eigenvalue weighted by atomic mass is 9.75. The molecule has 0 aromatic heterocycles. The van der Waals surface area contributed by atoms with Crippen LogP contribution in [0, 0.1) is 13.8 Å². The van der Waals surface area contributed by atoms with Crippen LogP contribution < -0.4 is 0 Å². The predicted octanol–water partition coefficient (Wildman–Crippen LogP) is 3.81. The number of aryl methyl sites for hydroxylation is 3. The van der Waals surface area contributed by atoms with Crippen LogP contribution in [-0.4, -0.2) is 11.1 Å². The third-order valence-corrected chi connectivity index (χ3v) is 4.76. The smallest absolute Gasteiger partial charge is 0.314 e. The fourth-order valence-corrected chi connectivity index (χ4v) is 3.49. The summed E-state index contributed by atoms with van der Waals surface area (Å²) in [5, 5.41) is 9.93. The second-order valence-corrected chi connectivity index (χ2v) is 6.15. The number of fused-ring (bicyclic) bond motifs is 1. The molecule has 0 fully saturated rings. The fourth-order valence-electron chi connectivity index (χ4n) is 3.49. The number of carboxylic acid groups (broad SMARTS) is 1. The summed E-state index contributed by atoms with van der Waals surface area (Å²) in [5.74, 6) is -0.701. The Hall–Kier alpha value is -2.09. The molecule has 0 radical (unpaired) electrons. The summed E-state index contributed by atoms with van der Waals surface area (Å²) in [6.07, 6.45) is 2.12. The lowest BCUT2D eigenvalue weighted by Crippen LogP contribution is -2.36. The van der Waals surface area contributed by atoms with Gasteiger partial charge in [-0.05, 0) is 55.4 Å². The molecular formula is C19H20O2. The Morgan fingerprint density at radius 3 is 2.71 bits per heavy atom. The van der Waals surface area contributed by atoms with Gasteiger partial charge in [-0.25, -0.2) is 0 Å². The lowest BCUT2D eigenvalue weighted by Gasteiger charge is -2.26. The van der Waals surface area contributed by atoms with Crippen molar-refractivity contribution in [3.05, 3.63) is 70.3 Å². The molecule has 0 bridgehead atoms. The van der Waals surface area contributed by atoms with Gasteiger partial charge in [0.1, 0.15) is 0 Å². The first-order valence-electron chi connectivity index (χ1n) is 7.41. The minimum absolute atomic E-state index is 0.576. The molecule has 0 aliphatic heterocycles. The molecule has 1 aliphatic carbocycles. The van der Waals surface area contributed by atoms with Crippen LogP contribution in [0.5, 0.6) is 0 Å².